The van der Waals surface area contributed by atoms with Gasteiger partial charge >= 0.3 is 12.1 Å². The summed E-state index contributed by atoms with van der Waals surface area (Å²) in [7, 11) is 0. The van der Waals surface area contributed by atoms with Crippen LogP contribution in [0.1, 0.15) is 18.4 Å². The second-order valence-electron chi connectivity index (χ2n) is 3.95. The van der Waals surface area contributed by atoms with Gasteiger partial charge in [0.25, 0.3) is 0 Å². The quantitative estimate of drug-likeness (QED) is 0.823. The van der Waals surface area contributed by atoms with Crippen LogP contribution in [0, 0.1) is 0 Å². The van der Waals surface area contributed by atoms with E-state index < -0.39 is 18.1 Å². The number of hydrogen-bond donors (Lipinski definition) is 1. The summed E-state index contributed by atoms with van der Waals surface area (Å²) in [6.07, 6.45) is -2.22. The maximum atomic E-state index is 13.6. The normalized spacial score (nSPS) is 20.2. The fraction of sp³-hybridized carbons (Fsp3) is 0.417. The molecule has 5 heteroatoms. The van der Waals surface area contributed by atoms with Gasteiger partial charge in [-0.2, -0.15) is 8.78 Å². The van der Waals surface area contributed by atoms with E-state index in [1.807, 2.05) is 0 Å². The molecular weight excluding hydrogens is 228 g/mol. The maximum Gasteiger partial charge on any atom is 0.428 e. The molecule has 3 nitrogen and oxygen atoms in total. The first-order chi connectivity index (χ1) is 8.09. The smallest absolute Gasteiger partial charge is 0.396 e. The number of nitrogens with one attached hydrogen (secondary N) is 1. The van der Waals surface area contributed by atoms with Crippen molar-refractivity contribution in [2.75, 3.05) is 6.54 Å². The lowest BCUT2D eigenvalue weighted by atomic mass is 10.2. The van der Waals surface area contributed by atoms with Gasteiger partial charge in [-0.3, -0.25) is 4.79 Å². The molecule has 92 valence electrons. The van der Waals surface area contributed by atoms with Crippen molar-refractivity contribution >= 4 is 5.97 Å². The molecule has 1 atom stereocenters. The molecule has 1 N–H and O–H groups in total. The topological polar surface area (TPSA) is 38.3 Å². The molecule has 0 saturated carbocycles. The highest BCUT2D eigenvalue weighted by Gasteiger charge is 2.39. The van der Waals surface area contributed by atoms with Crippen molar-refractivity contribution in [2.45, 2.75) is 25.0 Å². The van der Waals surface area contributed by atoms with E-state index in [2.05, 4.69) is 10.1 Å². The van der Waals surface area contributed by atoms with Gasteiger partial charge in [-0.1, -0.05) is 18.2 Å². The number of rotatable bonds is 3. The lowest BCUT2D eigenvalue weighted by Crippen LogP contribution is -2.36. The molecule has 1 aliphatic heterocycles. The second kappa shape index (κ2) is 4.79. The standard InChI is InChI=1S/C12H13F2NO2/c13-12(14,9-5-2-1-3-6-9)17-11(16)10-7-4-8-15-10/h1-3,5-6,10,15H,4,7-8H2/t10-/m0/s1. The van der Waals surface area contributed by atoms with E-state index in [1.165, 1.54) is 24.3 Å². The Balaban J connectivity index is 2.04. The molecule has 1 heterocycles. The third kappa shape index (κ3) is 2.79. The molecule has 1 aromatic carbocycles. The van der Waals surface area contributed by atoms with Crippen molar-refractivity contribution in [2.24, 2.45) is 0 Å². The van der Waals surface area contributed by atoms with Crippen LogP contribution in [0.15, 0.2) is 30.3 Å². The van der Waals surface area contributed by atoms with Crippen LogP contribution < -0.4 is 5.32 Å². The zero-order valence-corrected chi connectivity index (χ0v) is 9.16. The number of esters is 1. The van der Waals surface area contributed by atoms with E-state index in [-0.39, 0.29) is 5.56 Å². The third-order valence-corrected chi connectivity index (χ3v) is 2.68. The molecule has 1 aliphatic rings. The number of alkyl halides is 2. The number of hydrogen-bond acceptors (Lipinski definition) is 3. The summed E-state index contributed by atoms with van der Waals surface area (Å²) in [4.78, 5) is 11.5. The molecule has 1 saturated heterocycles. The Kier molecular flexibility index (Phi) is 3.38. The minimum absolute atomic E-state index is 0.314. The summed E-state index contributed by atoms with van der Waals surface area (Å²) in [5.41, 5.74) is -0.314. The number of halogens is 2. The molecular formula is C12H13F2NO2. The molecule has 0 radical (unpaired) electrons. The van der Waals surface area contributed by atoms with Gasteiger partial charge in [-0.25, -0.2) is 0 Å². The molecule has 2 rings (SSSR count). The fourth-order valence-corrected chi connectivity index (χ4v) is 1.77. The van der Waals surface area contributed by atoms with Gasteiger partial charge < -0.3 is 10.1 Å². The maximum absolute atomic E-state index is 13.6. The highest BCUT2D eigenvalue weighted by Crippen LogP contribution is 2.30. The molecule has 0 unspecified atom stereocenters. The van der Waals surface area contributed by atoms with Crippen LogP contribution in [0.4, 0.5) is 8.78 Å². The summed E-state index contributed by atoms with van der Waals surface area (Å²) >= 11 is 0. The summed E-state index contributed by atoms with van der Waals surface area (Å²) < 4.78 is 31.5. The van der Waals surface area contributed by atoms with Gasteiger partial charge in [0.15, 0.2) is 0 Å². The molecule has 0 aliphatic carbocycles. The molecule has 0 aromatic heterocycles. The van der Waals surface area contributed by atoms with Crippen molar-refractivity contribution in [1.82, 2.24) is 5.32 Å². The van der Waals surface area contributed by atoms with Crippen molar-refractivity contribution < 1.29 is 18.3 Å². The average molecular weight is 241 g/mol. The van der Waals surface area contributed by atoms with Crippen molar-refractivity contribution in [3.63, 3.8) is 0 Å². The summed E-state index contributed by atoms with van der Waals surface area (Å²) in [6, 6.07) is 6.44. The van der Waals surface area contributed by atoms with Crippen LogP contribution >= 0.6 is 0 Å². The van der Waals surface area contributed by atoms with Crippen molar-refractivity contribution in [1.29, 1.82) is 0 Å². The summed E-state index contributed by atoms with van der Waals surface area (Å²) in [5, 5.41) is 2.82. The number of carbonyl (C=O) groups is 1. The largest absolute Gasteiger partial charge is 0.428 e. The average Bonchev–Trinajstić information content (AvgIpc) is 2.83. The number of carbonyl (C=O) groups excluding carboxylic acids is 1. The SMILES string of the molecule is O=C(OC(F)(F)c1ccccc1)[C@@H]1CCCN1. The highest BCUT2D eigenvalue weighted by atomic mass is 19.3. The molecule has 0 spiro atoms. The van der Waals surface area contributed by atoms with Gasteiger partial charge in [-0.05, 0) is 31.5 Å². The zero-order valence-electron chi connectivity index (χ0n) is 9.16. The Bertz CT molecular complexity index is 389. The van der Waals surface area contributed by atoms with Gasteiger partial charge in [-0.15, -0.1) is 0 Å². The third-order valence-electron chi connectivity index (χ3n) is 2.68. The molecule has 1 aromatic rings. The van der Waals surface area contributed by atoms with Crippen LogP contribution in [0.3, 0.4) is 0 Å². The molecule has 0 amide bonds. The van der Waals surface area contributed by atoms with Crippen LogP contribution in [0.2, 0.25) is 0 Å². The Hall–Kier alpha value is -1.49. The zero-order chi connectivity index (χ0) is 12.3. The lowest BCUT2D eigenvalue weighted by Gasteiger charge is -2.19. The van der Waals surface area contributed by atoms with Crippen LogP contribution in [0.5, 0.6) is 0 Å². The Morgan fingerprint density at radius 3 is 2.65 bits per heavy atom. The molecule has 0 bridgehead atoms. The van der Waals surface area contributed by atoms with E-state index in [0.29, 0.717) is 13.0 Å². The van der Waals surface area contributed by atoms with Gasteiger partial charge in [0.1, 0.15) is 6.04 Å². The second-order valence-corrected chi connectivity index (χ2v) is 3.95. The minimum Gasteiger partial charge on any atom is -0.396 e. The van der Waals surface area contributed by atoms with E-state index >= 15 is 0 Å². The van der Waals surface area contributed by atoms with E-state index in [9.17, 15) is 13.6 Å². The summed E-state index contributed by atoms with van der Waals surface area (Å²) in [5.74, 6) is -0.892. The molecule has 1 fully saturated rings. The van der Waals surface area contributed by atoms with Crippen molar-refractivity contribution in [3.8, 4) is 0 Å². The van der Waals surface area contributed by atoms with E-state index in [0.717, 1.165) is 6.42 Å². The van der Waals surface area contributed by atoms with E-state index in [1.54, 1.807) is 6.07 Å². The predicted octanol–water partition coefficient (Wildman–Crippen LogP) is 2.03. The van der Waals surface area contributed by atoms with Gasteiger partial charge in [0.2, 0.25) is 0 Å². The van der Waals surface area contributed by atoms with Gasteiger partial charge in [0.05, 0.1) is 5.56 Å². The van der Waals surface area contributed by atoms with Crippen LogP contribution in [0.25, 0.3) is 0 Å². The first-order valence-electron chi connectivity index (χ1n) is 5.49. The van der Waals surface area contributed by atoms with Gasteiger partial charge in [0, 0.05) is 0 Å². The Morgan fingerprint density at radius 2 is 2.06 bits per heavy atom. The Labute approximate surface area is 97.8 Å². The predicted molar refractivity (Wildman–Crippen MR) is 57.5 cm³/mol. The summed E-state index contributed by atoms with van der Waals surface area (Å²) in [6.45, 7) is 0.663. The first kappa shape index (κ1) is 12.0. The minimum atomic E-state index is -3.57. The number of ether oxygens (including phenoxy) is 1. The van der Waals surface area contributed by atoms with E-state index in [4.69, 9.17) is 0 Å². The fourth-order valence-electron chi connectivity index (χ4n) is 1.77. The number of benzene rings is 1. The van der Waals surface area contributed by atoms with Crippen LogP contribution in [-0.4, -0.2) is 18.6 Å². The van der Waals surface area contributed by atoms with Crippen LogP contribution in [-0.2, 0) is 15.6 Å². The first-order valence-corrected chi connectivity index (χ1v) is 5.49. The monoisotopic (exact) mass is 241 g/mol. The van der Waals surface area contributed by atoms with Crippen molar-refractivity contribution in [3.05, 3.63) is 35.9 Å². The highest BCUT2D eigenvalue weighted by molar-refractivity contribution is 5.76. The Morgan fingerprint density at radius 1 is 1.35 bits per heavy atom. The molecule has 17 heavy (non-hydrogen) atoms. The lowest BCUT2D eigenvalue weighted by molar-refractivity contribution is -0.241.